The SMILES string of the molecule is Cc1cc(CNC2(C)COC2)c2c(n1)CCCC2. The smallest absolute Gasteiger partial charge is 0.0669 e. The Balaban J connectivity index is 1.79. The summed E-state index contributed by atoms with van der Waals surface area (Å²) < 4.78 is 5.29. The molecule has 0 atom stereocenters. The van der Waals surface area contributed by atoms with Crippen molar-refractivity contribution in [3.8, 4) is 0 Å². The van der Waals surface area contributed by atoms with Crippen LogP contribution in [0.1, 0.15) is 42.3 Å². The molecule has 1 aromatic heterocycles. The average Bonchev–Trinajstić information content (AvgIpc) is 2.33. The molecule has 3 nitrogen and oxygen atoms in total. The molecule has 1 aromatic rings. The van der Waals surface area contributed by atoms with Gasteiger partial charge in [-0.15, -0.1) is 0 Å². The minimum atomic E-state index is 0.179. The number of nitrogens with zero attached hydrogens (tertiary/aromatic N) is 1. The van der Waals surface area contributed by atoms with E-state index < -0.39 is 0 Å². The zero-order valence-electron chi connectivity index (χ0n) is 11.4. The van der Waals surface area contributed by atoms with Gasteiger partial charge in [0.1, 0.15) is 0 Å². The molecule has 3 rings (SSSR count). The molecule has 2 heterocycles. The topological polar surface area (TPSA) is 34.1 Å². The van der Waals surface area contributed by atoms with Crippen molar-refractivity contribution in [2.75, 3.05) is 13.2 Å². The van der Waals surface area contributed by atoms with E-state index in [-0.39, 0.29) is 5.54 Å². The van der Waals surface area contributed by atoms with Crippen LogP contribution in [0.4, 0.5) is 0 Å². The van der Waals surface area contributed by atoms with Crippen molar-refractivity contribution < 1.29 is 4.74 Å². The lowest BCUT2D eigenvalue weighted by Crippen LogP contribution is -2.57. The minimum Gasteiger partial charge on any atom is -0.377 e. The van der Waals surface area contributed by atoms with E-state index in [2.05, 4.69) is 25.2 Å². The standard InChI is InChI=1S/C15H22N2O/c1-11-7-12(8-16-15(2)9-18-10-15)13-5-3-4-6-14(13)17-11/h7,16H,3-6,8-10H2,1-2H3. The number of rotatable bonds is 3. The summed E-state index contributed by atoms with van der Waals surface area (Å²) >= 11 is 0. The Hall–Kier alpha value is -0.930. The van der Waals surface area contributed by atoms with Crippen LogP contribution in [0, 0.1) is 6.92 Å². The zero-order chi connectivity index (χ0) is 12.6. The highest BCUT2D eigenvalue weighted by Crippen LogP contribution is 2.25. The third-order valence-corrected chi connectivity index (χ3v) is 4.07. The molecule has 1 N–H and O–H groups in total. The number of hydrogen-bond acceptors (Lipinski definition) is 3. The van der Waals surface area contributed by atoms with Crippen LogP contribution in [0.5, 0.6) is 0 Å². The normalized spacial score (nSPS) is 21.2. The maximum absolute atomic E-state index is 5.29. The first-order valence-corrected chi connectivity index (χ1v) is 6.97. The summed E-state index contributed by atoms with van der Waals surface area (Å²) in [4.78, 5) is 4.70. The Morgan fingerprint density at radius 1 is 1.33 bits per heavy atom. The molecule has 1 aliphatic carbocycles. The molecule has 1 fully saturated rings. The molecule has 2 aliphatic rings. The van der Waals surface area contributed by atoms with Gasteiger partial charge in [-0.05, 0) is 56.7 Å². The number of fused-ring (bicyclic) bond motifs is 1. The third-order valence-electron chi connectivity index (χ3n) is 4.07. The Morgan fingerprint density at radius 3 is 2.83 bits per heavy atom. The molecule has 0 radical (unpaired) electrons. The second-order valence-corrected chi connectivity index (χ2v) is 5.96. The fourth-order valence-electron chi connectivity index (χ4n) is 2.92. The lowest BCUT2D eigenvalue weighted by atomic mass is 9.91. The molecule has 0 unspecified atom stereocenters. The molecule has 3 heteroatoms. The lowest BCUT2D eigenvalue weighted by molar-refractivity contribution is -0.0650. The predicted octanol–water partition coefficient (Wildman–Crippen LogP) is 2.15. The van der Waals surface area contributed by atoms with Gasteiger partial charge in [0.05, 0.1) is 18.8 Å². The van der Waals surface area contributed by atoms with Crippen molar-refractivity contribution in [3.05, 3.63) is 28.6 Å². The maximum Gasteiger partial charge on any atom is 0.0669 e. The van der Waals surface area contributed by atoms with E-state index in [4.69, 9.17) is 9.72 Å². The second kappa shape index (κ2) is 4.63. The second-order valence-electron chi connectivity index (χ2n) is 5.96. The molecular formula is C15H22N2O. The average molecular weight is 246 g/mol. The largest absolute Gasteiger partial charge is 0.377 e. The van der Waals surface area contributed by atoms with E-state index in [0.29, 0.717) is 0 Å². The molecular weight excluding hydrogens is 224 g/mol. The first-order valence-electron chi connectivity index (χ1n) is 6.97. The van der Waals surface area contributed by atoms with Crippen molar-refractivity contribution >= 4 is 0 Å². The Labute approximate surface area is 109 Å². The summed E-state index contributed by atoms with van der Waals surface area (Å²) in [5.74, 6) is 0. The summed E-state index contributed by atoms with van der Waals surface area (Å²) in [7, 11) is 0. The van der Waals surface area contributed by atoms with Crippen LogP contribution in [-0.4, -0.2) is 23.7 Å². The van der Waals surface area contributed by atoms with Crippen molar-refractivity contribution in [1.82, 2.24) is 10.3 Å². The molecule has 1 aliphatic heterocycles. The van der Waals surface area contributed by atoms with E-state index in [1.807, 2.05) is 0 Å². The number of nitrogens with one attached hydrogen (secondary N) is 1. The molecule has 18 heavy (non-hydrogen) atoms. The van der Waals surface area contributed by atoms with E-state index in [1.165, 1.54) is 36.1 Å². The van der Waals surface area contributed by atoms with Gasteiger partial charge in [-0.2, -0.15) is 0 Å². The van der Waals surface area contributed by atoms with Gasteiger partial charge in [0, 0.05) is 17.9 Å². The van der Waals surface area contributed by atoms with Gasteiger partial charge in [0.15, 0.2) is 0 Å². The lowest BCUT2D eigenvalue weighted by Gasteiger charge is -2.39. The van der Waals surface area contributed by atoms with Crippen LogP contribution in [0.25, 0.3) is 0 Å². The number of ether oxygens (including phenoxy) is 1. The molecule has 0 amide bonds. The van der Waals surface area contributed by atoms with Gasteiger partial charge in [-0.1, -0.05) is 0 Å². The van der Waals surface area contributed by atoms with Crippen LogP contribution >= 0.6 is 0 Å². The highest BCUT2D eigenvalue weighted by atomic mass is 16.5. The van der Waals surface area contributed by atoms with E-state index in [0.717, 1.165) is 31.9 Å². The van der Waals surface area contributed by atoms with Crippen LogP contribution in [0.15, 0.2) is 6.07 Å². The number of aryl methyl sites for hydroxylation is 2. The van der Waals surface area contributed by atoms with Crippen LogP contribution in [0.2, 0.25) is 0 Å². The highest BCUT2D eigenvalue weighted by molar-refractivity contribution is 5.34. The van der Waals surface area contributed by atoms with Crippen molar-refractivity contribution in [2.24, 2.45) is 0 Å². The Morgan fingerprint density at radius 2 is 2.11 bits per heavy atom. The summed E-state index contributed by atoms with van der Waals surface area (Å²) in [6.45, 7) is 6.95. The van der Waals surface area contributed by atoms with Crippen LogP contribution in [-0.2, 0) is 24.1 Å². The van der Waals surface area contributed by atoms with Gasteiger partial charge in [-0.25, -0.2) is 0 Å². The molecule has 0 bridgehead atoms. The number of hydrogen-bond donors (Lipinski definition) is 1. The summed E-state index contributed by atoms with van der Waals surface area (Å²) in [6, 6.07) is 2.25. The maximum atomic E-state index is 5.29. The van der Waals surface area contributed by atoms with Crippen LogP contribution in [0.3, 0.4) is 0 Å². The zero-order valence-corrected chi connectivity index (χ0v) is 11.4. The molecule has 0 saturated carbocycles. The quantitative estimate of drug-likeness (QED) is 0.887. The van der Waals surface area contributed by atoms with Gasteiger partial charge >= 0.3 is 0 Å². The van der Waals surface area contributed by atoms with E-state index in [1.54, 1.807) is 0 Å². The monoisotopic (exact) mass is 246 g/mol. The molecule has 1 saturated heterocycles. The van der Waals surface area contributed by atoms with Gasteiger partial charge < -0.3 is 10.1 Å². The minimum absolute atomic E-state index is 0.179. The first kappa shape index (κ1) is 12.1. The fourth-order valence-corrected chi connectivity index (χ4v) is 2.92. The van der Waals surface area contributed by atoms with Crippen molar-refractivity contribution in [2.45, 2.75) is 51.6 Å². The first-order chi connectivity index (χ1) is 8.66. The number of aromatic nitrogens is 1. The fraction of sp³-hybridized carbons (Fsp3) is 0.667. The van der Waals surface area contributed by atoms with Crippen molar-refractivity contribution in [1.29, 1.82) is 0 Å². The Kier molecular flexibility index (Phi) is 3.12. The van der Waals surface area contributed by atoms with Crippen molar-refractivity contribution in [3.63, 3.8) is 0 Å². The molecule has 98 valence electrons. The van der Waals surface area contributed by atoms with Gasteiger partial charge in [0.25, 0.3) is 0 Å². The Bertz CT molecular complexity index is 452. The highest BCUT2D eigenvalue weighted by Gasteiger charge is 2.32. The van der Waals surface area contributed by atoms with Gasteiger partial charge in [0.2, 0.25) is 0 Å². The molecule has 0 spiro atoms. The van der Waals surface area contributed by atoms with Gasteiger partial charge in [-0.3, -0.25) is 4.98 Å². The third kappa shape index (κ3) is 2.29. The summed E-state index contributed by atoms with van der Waals surface area (Å²) in [5, 5.41) is 3.64. The predicted molar refractivity (Wildman–Crippen MR) is 71.7 cm³/mol. The van der Waals surface area contributed by atoms with E-state index in [9.17, 15) is 0 Å². The van der Waals surface area contributed by atoms with Crippen LogP contribution < -0.4 is 5.32 Å². The number of pyridine rings is 1. The molecule has 0 aromatic carbocycles. The van der Waals surface area contributed by atoms with E-state index >= 15 is 0 Å². The summed E-state index contributed by atoms with van der Waals surface area (Å²) in [6.07, 6.45) is 4.96. The summed E-state index contributed by atoms with van der Waals surface area (Å²) in [5.41, 5.74) is 5.63.